The van der Waals surface area contributed by atoms with E-state index in [1.54, 1.807) is 23.1 Å². The Morgan fingerprint density at radius 2 is 1.79 bits per heavy atom. The lowest BCUT2D eigenvalue weighted by atomic mass is 9.63. The summed E-state index contributed by atoms with van der Waals surface area (Å²) in [5, 5.41) is 14.5. The van der Waals surface area contributed by atoms with Crippen molar-refractivity contribution in [3.8, 4) is 11.3 Å². The van der Waals surface area contributed by atoms with Gasteiger partial charge in [0.05, 0.1) is 21.2 Å². The molecule has 198 valence electrons. The molecule has 2 aromatic heterocycles. The number of carbonyl (C=O) groups is 1. The van der Waals surface area contributed by atoms with Crippen LogP contribution < -0.4 is 4.90 Å². The Kier molecular flexibility index (Phi) is 5.99. The van der Waals surface area contributed by atoms with Crippen LogP contribution in [-0.4, -0.2) is 34.3 Å². The van der Waals surface area contributed by atoms with Gasteiger partial charge in [0.15, 0.2) is 0 Å². The lowest BCUT2D eigenvalue weighted by molar-refractivity contribution is -0.138. The smallest absolute Gasteiger partial charge is 0.417 e. The maximum atomic E-state index is 13.5. The second-order valence-electron chi connectivity index (χ2n) is 10.2. The first-order valence-corrected chi connectivity index (χ1v) is 13.0. The summed E-state index contributed by atoms with van der Waals surface area (Å²) < 4.78 is 46.2. The fourth-order valence-electron chi connectivity index (χ4n) is 5.54. The number of alkyl halides is 3. The summed E-state index contributed by atoms with van der Waals surface area (Å²) in [5.74, 6) is -0.337. The van der Waals surface area contributed by atoms with Gasteiger partial charge >= 0.3 is 12.1 Å². The monoisotopic (exact) mass is 563 g/mol. The highest BCUT2D eigenvalue weighted by Gasteiger charge is 2.44. The topological polar surface area (TPSA) is 79.5 Å². The maximum absolute atomic E-state index is 13.5. The number of anilines is 1. The van der Waals surface area contributed by atoms with Crippen LogP contribution in [0.2, 0.25) is 10.0 Å². The predicted octanol–water partition coefficient (Wildman–Crippen LogP) is 7.71. The van der Waals surface area contributed by atoms with Gasteiger partial charge in [0.2, 0.25) is 0 Å². The molecule has 1 aromatic carbocycles. The van der Waals surface area contributed by atoms with Crippen LogP contribution in [0.4, 0.5) is 19.0 Å². The summed E-state index contributed by atoms with van der Waals surface area (Å²) in [7, 11) is 0. The minimum atomic E-state index is -4.78. The fraction of sp³-hybridized carbons (Fsp3) is 0.370. The molecular formula is C27H22Cl2F3N3O3. The van der Waals surface area contributed by atoms with E-state index in [0.717, 1.165) is 61.3 Å². The molecule has 11 heteroatoms. The standard InChI is InChI=1S/C27H22Cl2F3N3O3/c28-18-2-1-3-19(29)22(18)23-21(24(38-34-23)14-4-5-14)15-11-26(12-15)6-8-35(9-7-26)20-10-17(27(30,31)32)16(13-33-20)25(36)37/h1-3,10-11,13-14H,4-9,12H2,(H,36,37). The molecule has 6 rings (SSSR count). The quantitative estimate of drug-likeness (QED) is 0.342. The van der Waals surface area contributed by atoms with E-state index < -0.39 is 23.3 Å². The van der Waals surface area contributed by atoms with Crippen molar-refractivity contribution in [3.05, 3.63) is 69.0 Å². The second kappa shape index (κ2) is 9.02. The third-order valence-corrected chi connectivity index (χ3v) is 8.35. The fourth-order valence-corrected chi connectivity index (χ4v) is 6.11. The SMILES string of the molecule is O=C(O)c1cnc(N2CCC3(C=C(c4c(-c5c(Cl)cccc5Cl)noc4C4CC4)C3)CC2)cc1C(F)(F)F. The van der Waals surface area contributed by atoms with E-state index in [1.165, 1.54) is 0 Å². The summed E-state index contributed by atoms with van der Waals surface area (Å²) in [6.45, 7) is 1.01. The Morgan fingerprint density at radius 1 is 1.13 bits per heavy atom. The molecule has 1 spiro atoms. The minimum absolute atomic E-state index is 0.0840. The van der Waals surface area contributed by atoms with Gasteiger partial charge in [0, 0.05) is 36.3 Å². The van der Waals surface area contributed by atoms with E-state index in [-0.39, 0.29) is 11.2 Å². The van der Waals surface area contributed by atoms with E-state index in [2.05, 4.69) is 16.2 Å². The number of piperidine rings is 1. The number of pyridine rings is 1. The van der Waals surface area contributed by atoms with Crippen molar-refractivity contribution in [3.63, 3.8) is 0 Å². The zero-order valence-electron chi connectivity index (χ0n) is 20.0. The molecule has 2 aliphatic carbocycles. The molecule has 1 aliphatic heterocycles. The van der Waals surface area contributed by atoms with Crippen LogP contribution in [0.5, 0.6) is 0 Å². The van der Waals surface area contributed by atoms with Crippen LogP contribution in [-0.2, 0) is 6.18 Å². The predicted molar refractivity (Wildman–Crippen MR) is 137 cm³/mol. The van der Waals surface area contributed by atoms with Gasteiger partial charge in [-0.1, -0.05) is 40.5 Å². The summed E-state index contributed by atoms with van der Waals surface area (Å²) in [4.78, 5) is 17.1. The number of nitrogens with zero attached hydrogens (tertiary/aromatic N) is 3. The molecule has 2 fully saturated rings. The molecule has 3 heterocycles. The molecule has 6 nitrogen and oxygen atoms in total. The van der Waals surface area contributed by atoms with Gasteiger partial charge in [0.1, 0.15) is 17.3 Å². The largest absolute Gasteiger partial charge is 0.478 e. The first-order chi connectivity index (χ1) is 18.1. The van der Waals surface area contributed by atoms with Crippen molar-refractivity contribution in [1.29, 1.82) is 0 Å². The first kappa shape index (κ1) is 25.2. The normalized spacial score (nSPS) is 18.9. The van der Waals surface area contributed by atoms with Crippen molar-refractivity contribution < 1.29 is 27.6 Å². The molecule has 3 aliphatic rings. The van der Waals surface area contributed by atoms with Crippen molar-refractivity contribution in [2.45, 2.75) is 44.2 Å². The highest BCUT2D eigenvalue weighted by molar-refractivity contribution is 6.39. The Balaban J connectivity index is 1.25. The molecule has 0 atom stereocenters. The number of rotatable bonds is 5. The van der Waals surface area contributed by atoms with Gasteiger partial charge in [-0.05, 0) is 61.3 Å². The molecule has 0 amide bonds. The number of hydrogen-bond donors (Lipinski definition) is 1. The highest BCUT2D eigenvalue weighted by atomic mass is 35.5. The van der Waals surface area contributed by atoms with Gasteiger partial charge in [-0.2, -0.15) is 13.2 Å². The molecule has 38 heavy (non-hydrogen) atoms. The highest BCUT2D eigenvalue weighted by Crippen LogP contribution is 2.56. The van der Waals surface area contributed by atoms with Gasteiger partial charge < -0.3 is 14.5 Å². The summed E-state index contributed by atoms with van der Waals surface area (Å²) in [6.07, 6.45) is 2.57. The van der Waals surface area contributed by atoms with E-state index in [0.29, 0.717) is 40.3 Å². The first-order valence-electron chi connectivity index (χ1n) is 12.3. The van der Waals surface area contributed by atoms with Crippen LogP contribution in [0.3, 0.4) is 0 Å². The van der Waals surface area contributed by atoms with Crippen LogP contribution >= 0.6 is 23.2 Å². The third-order valence-electron chi connectivity index (χ3n) is 7.72. The lowest BCUT2D eigenvalue weighted by Crippen LogP contribution is -2.42. The van der Waals surface area contributed by atoms with E-state index in [4.69, 9.17) is 32.8 Å². The number of aromatic nitrogens is 2. The van der Waals surface area contributed by atoms with Gasteiger partial charge in [0.25, 0.3) is 0 Å². The Bertz CT molecular complexity index is 1450. The number of allylic oxidation sites excluding steroid dienone is 2. The van der Waals surface area contributed by atoms with E-state index in [1.807, 2.05) is 0 Å². The zero-order chi connectivity index (χ0) is 26.8. The van der Waals surface area contributed by atoms with Gasteiger partial charge in [-0.3, -0.25) is 0 Å². The van der Waals surface area contributed by atoms with Crippen molar-refractivity contribution in [2.75, 3.05) is 18.0 Å². The summed E-state index contributed by atoms with van der Waals surface area (Å²) >= 11 is 13.0. The Labute approximate surface area is 226 Å². The molecule has 1 saturated heterocycles. The van der Waals surface area contributed by atoms with E-state index in [9.17, 15) is 18.0 Å². The number of hydrogen-bond acceptors (Lipinski definition) is 5. The molecule has 1 saturated carbocycles. The van der Waals surface area contributed by atoms with Crippen LogP contribution in [0.25, 0.3) is 16.8 Å². The van der Waals surface area contributed by atoms with Crippen LogP contribution in [0.15, 0.2) is 41.1 Å². The number of benzene rings is 1. The van der Waals surface area contributed by atoms with Gasteiger partial charge in [-0.25, -0.2) is 9.78 Å². The zero-order valence-corrected chi connectivity index (χ0v) is 21.5. The maximum Gasteiger partial charge on any atom is 0.417 e. The van der Waals surface area contributed by atoms with Crippen molar-refractivity contribution >= 4 is 40.6 Å². The summed E-state index contributed by atoms with van der Waals surface area (Å²) in [5.41, 5.74) is 1.24. The molecule has 0 bridgehead atoms. The number of aromatic carboxylic acids is 1. The molecule has 1 N–H and O–H groups in total. The van der Waals surface area contributed by atoms with Crippen molar-refractivity contribution in [2.24, 2.45) is 5.41 Å². The molecule has 0 unspecified atom stereocenters. The minimum Gasteiger partial charge on any atom is -0.478 e. The third kappa shape index (κ3) is 4.35. The Hall–Kier alpha value is -3.04. The van der Waals surface area contributed by atoms with Crippen molar-refractivity contribution in [1.82, 2.24) is 10.1 Å². The molecular weight excluding hydrogens is 542 g/mol. The Morgan fingerprint density at radius 3 is 2.37 bits per heavy atom. The second-order valence-corrected chi connectivity index (χ2v) is 11.0. The number of halogens is 5. The number of carboxylic acid groups (broad SMARTS) is 1. The van der Waals surface area contributed by atoms with Gasteiger partial charge in [-0.15, -0.1) is 0 Å². The average Bonchev–Trinajstić information content (AvgIpc) is 3.61. The lowest BCUT2D eigenvalue weighted by Gasteiger charge is -2.46. The van der Waals surface area contributed by atoms with Crippen LogP contribution in [0, 0.1) is 5.41 Å². The summed E-state index contributed by atoms with van der Waals surface area (Å²) in [6, 6.07) is 6.16. The van der Waals surface area contributed by atoms with Crippen LogP contribution in [0.1, 0.15) is 65.3 Å². The average molecular weight is 564 g/mol. The molecule has 3 aromatic rings. The van der Waals surface area contributed by atoms with E-state index >= 15 is 0 Å². The molecule has 0 radical (unpaired) electrons. The number of carboxylic acids is 1.